The van der Waals surface area contributed by atoms with Crippen LogP contribution in [0.1, 0.15) is 15.9 Å². The molecule has 108 valence electrons. The van der Waals surface area contributed by atoms with Crippen LogP contribution in [0.15, 0.2) is 47.5 Å². The van der Waals surface area contributed by atoms with Gasteiger partial charge in [-0.05, 0) is 11.6 Å². The Bertz CT molecular complexity index is 754. The molecule has 2 rings (SSSR count). The standard InChI is InChI=1S/C13H12N4O4/c14-15-13(19)10-4-2-1-3-9(10)7-16-6-5-12(18)11(8-16)17(20)21/h1-6,8H,7,14H2,(H,15,19). The van der Waals surface area contributed by atoms with E-state index >= 15 is 0 Å². The third kappa shape index (κ3) is 3.12. The van der Waals surface area contributed by atoms with E-state index in [1.165, 1.54) is 10.8 Å². The predicted molar refractivity (Wildman–Crippen MR) is 74.6 cm³/mol. The Morgan fingerprint density at radius 3 is 2.71 bits per heavy atom. The Morgan fingerprint density at radius 2 is 2.05 bits per heavy atom. The molecule has 0 aliphatic heterocycles. The van der Waals surface area contributed by atoms with Gasteiger partial charge in [0.1, 0.15) is 0 Å². The van der Waals surface area contributed by atoms with E-state index in [1.54, 1.807) is 24.3 Å². The Morgan fingerprint density at radius 1 is 1.33 bits per heavy atom. The van der Waals surface area contributed by atoms with Gasteiger partial charge < -0.3 is 4.57 Å². The summed E-state index contributed by atoms with van der Waals surface area (Å²) in [5, 5.41) is 10.8. The van der Waals surface area contributed by atoms with Crippen LogP contribution in [0.3, 0.4) is 0 Å². The van der Waals surface area contributed by atoms with Crippen molar-refractivity contribution in [2.45, 2.75) is 6.54 Å². The molecule has 21 heavy (non-hydrogen) atoms. The highest BCUT2D eigenvalue weighted by molar-refractivity contribution is 5.95. The summed E-state index contributed by atoms with van der Waals surface area (Å²) in [6, 6.07) is 7.83. The van der Waals surface area contributed by atoms with Gasteiger partial charge in [-0.1, -0.05) is 18.2 Å². The number of hydrazine groups is 1. The van der Waals surface area contributed by atoms with Gasteiger partial charge in [-0.15, -0.1) is 0 Å². The van der Waals surface area contributed by atoms with E-state index in [0.717, 1.165) is 12.3 Å². The van der Waals surface area contributed by atoms with Crippen LogP contribution in [0.4, 0.5) is 5.69 Å². The number of pyridine rings is 1. The summed E-state index contributed by atoms with van der Waals surface area (Å²) in [6.07, 6.45) is 2.56. The Hall–Kier alpha value is -3.00. The molecular weight excluding hydrogens is 276 g/mol. The zero-order valence-electron chi connectivity index (χ0n) is 10.9. The van der Waals surface area contributed by atoms with Crippen molar-refractivity contribution in [3.63, 3.8) is 0 Å². The fourth-order valence-electron chi connectivity index (χ4n) is 1.90. The number of amides is 1. The summed E-state index contributed by atoms with van der Waals surface area (Å²) < 4.78 is 1.46. The molecule has 0 spiro atoms. The number of aromatic nitrogens is 1. The highest BCUT2D eigenvalue weighted by Gasteiger charge is 2.13. The molecule has 3 N–H and O–H groups in total. The van der Waals surface area contributed by atoms with E-state index in [9.17, 15) is 19.7 Å². The number of nitrogen functional groups attached to an aromatic ring is 1. The third-order valence-electron chi connectivity index (χ3n) is 2.90. The number of carbonyl (C=O) groups is 1. The fourth-order valence-corrected chi connectivity index (χ4v) is 1.90. The lowest BCUT2D eigenvalue weighted by atomic mass is 10.1. The summed E-state index contributed by atoms with van der Waals surface area (Å²) in [5.41, 5.74) is 1.85. The fraction of sp³-hybridized carbons (Fsp3) is 0.0769. The van der Waals surface area contributed by atoms with Crippen LogP contribution in [0.25, 0.3) is 0 Å². The second-order valence-electron chi connectivity index (χ2n) is 4.25. The molecule has 1 heterocycles. The van der Waals surface area contributed by atoms with Crippen LogP contribution >= 0.6 is 0 Å². The summed E-state index contributed by atoms with van der Waals surface area (Å²) in [7, 11) is 0. The van der Waals surface area contributed by atoms with E-state index < -0.39 is 21.9 Å². The van der Waals surface area contributed by atoms with Gasteiger partial charge in [0.2, 0.25) is 0 Å². The predicted octanol–water partition coefficient (Wildman–Crippen LogP) is 0.408. The number of rotatable bonds is 4. The molecule has 0 aliphatic rings. The molecule has 0 bridgehead atoms. The summed E-state index contributed by atoms with van der Waals surface area (Å²) in [5.74, 6) is 4.66. The first-order valence-electron chi connectivity index (χ1n) is 5.96. The summed E-state index contributed by atoms with van der Waals surface area (Å²) >= 11 is 0. The zero-order valence-corrected chi connectivity index (χ0v) is 10.9. The maximum absolute atomic E-state index is 11.7. The van der Waals surface area contributed by atoms with Crippen LogP contribution < -0.4 is 16.7 Å². The highest BCUT2D eigenvalue weighted by Crippen LogP contribution is 2.12. The Kier molecular flexibility index (Phi) is 4.10. The van der Waals surface area contributed by atoms with Gasteiger partial charge >= 0.3 is 5.69 Å². The van der Waals surface area contributed by atoms with E-state index in [-0.39, 0.29) is 6.54 Å². The number of hydrogen-bond acceptors (Lipinski definition) is 5. The molecular formula is C13H12N4O4. The number of carbonyl (C=O) groups excluding carboxylic acids is 1. The topological polar surface area (TPSA) is 120 Å². The number of nitrogens with zero attached hydrogens (tertiary/aromatic N) is 2. The molecule has 0 atom stereocenters. The minimum Gasteiger partial charge on any atom is -0.344 e. The molecule has 1 aromatic carbocycles. The van der Waals surface area contributed by atoms with Crippen LogP contribution in [-0.4, -0.2) is 15.4 Å². The van der Waals surface area contributed by atoms with Crippen molar-refractivity contribution in [1.82, 2.24) is 9.99 Å². The van der Waals surface area contributed by atoms with Gasteiger partial charge in [0, 0.05) is 24.4 Å². The summed E-state index contributed by atoms with van der Waals surface area (Å²) in [6.45, 7) is 0.199. The van der Waals surface area contributed by atoms with Gasteiger partial charge in [-0.3, -0.25) is 25.1 Å². The minimum absolute atomic E-state index is 0.199. The van der Waals surface area contributed by atoms with Crippen molar-refractivity contribution in [2.75, 3.05) is 0 Å². The third-order valence-corrected chi connectivity index (χ3v) is 2.90. The number of nitro groups is 1. The quantitative estimate of drug-likeness (QED) is 0.365. The average molecular weight is 288 g/mol. The second-order valence-corrected chi connectivity index (χ2v) is 4.25. The largest absolute Gasteiger partial charge is 0.344 e. The zero-order chi connectivity index (χ0) is 15.4. The smallest absolute Gasteiger partial charge is 0.332 e. The molecule has 8 heteroatoms. The van der Waals surface area contributed by atoms with E-state index in [1.807, 2.05) is 5.43 Å². The molecule has 0 saturated heterocycles. The first kappa shape index (κ1) is 14.4. The molecule has 2 aromatic rings. The van der Waals surface area contributed by atoms with Crippen molar-refractivity contribution >= 4 is 11.6 Å². The molecule has 0 saturated carbocycles. The number of nitrogens with two attached hydrogens (primary N) is 1. The van der Waals surface area contributed by atoms with Crippen LogP contribution in [-0.2, 0) is 6.54 Å². The van der Waals surface area contributed by atoms with Crippen molar-refractivity contribution in [1.29, 1.82) is 0 Å². The first-order chi connectivity index (χ1) is 10.0. The maximum Gasteiger partial charge on any atom is 0.332 e. The Balaban J connectivity index is 2.39. The van der Waals surface area contributed by atoms with E-state index in [0.29, 0.717) is 11.1 Å². The maximum atomic E-state index is 11.7. The monoisotopic (exact) mass is 288 g/mol. The normalized spacial score (nSPS) is 10.1. The van der Waals surface area contributed by atoms with E-state index in [2.05, 4.69) is 0 Å². The number of hydrogen-bond donors (Lipinski definition) is 2. The van der Waals surface area contributed by atoms with Crippen molar-refractivity contribution in [3.8, 4) is 0 Å². The molecule has 0 radical (unpaired) electrons. The highest BCUT2D eigenvalue weighted by atomic mass is 16.6. The summed E-state index contributed by atoms with van der Waals surface area (Å²) in [4.78, 5) is 33.0. The van der Waals surface area contributed by atoms with Gasteiger partial charge in [-0.25, -0.2) is 5.84 Å². The van der Waals surface area contributed by atoms with Crippen LogP contribution in [0, 0.1) is 10.1 Å². The lowest BCUT2D eigenvalue weighted by molar-refractivity contribution is -0.386. The second kappa shape index (κ2) is 5.97. The van der Waals surface area contributed by atoms with E-state index in [4.69, 9.17) is 5.84 Å². The number of nitrogens with one attached hydrogen (secondary N) is 1. The van der Waals surface area contributed by atoms with Crippen LogP contribution in [0.5, 0.6) is 0 Å². The van der Waals surface area contributed by atoms with Crippen molar-refractivity contribution in [2.24, 2.45) is 5.84 Å². The molecule has 8 nitrogen and oxygen atoms in total. The molecule has 1 aromatic heterocycles. The van der Waals surface area contributed by atoms with Crippen molar-refractivity contribution < 1.29 is 9.72 Å². The average Bonchev–Trinajstić information content (AvgIpc) is 2.48. The Labute approximate surface area is 118 Å². The molecule has 0 fully saturated rings. The van der Waals surface area contributed by atoms with Gasteiger partial charge in [0.05, 0.1) is 11.1 Å². The van der Waals surface area contributed by atoms with Crippen LogP contribution in [0.2, 0.25) is 0 Å². The lowest BCUT2D eigenvalue weighted by Crippen LogP contribution is -2.31. The van der Waals surface area contributed by atoms with Gasteiger partial charge in [0.25, 0.3) is 11.3 Å². The first-order valence-corrected chi connectivity index (χ1v) is 5.96. The lowest BCUT2D eigenvalue weighted by Gasteiger charge is -2.10. The van der Waals surface area contributed by atoms with Gasteiger partial charge in [-0.2, -0.15) is 0 Å². The molecule has 1 amide bonds. The van der Waals surface area contributed by atoms with Crippen molar-refractivity contribution in [3.05, 3.63) is 74.2 Å². The molecule has 0 unspecified atom stereocenters. The number of benzene rings is 1. The SMILES string of the molecule is NNC(=O)c1ccccc1Cn1ccc(=O)c([N+](=O)[O-])c1. The van der Waals surface area contributed by atoms with Gasteiger partial charge in [0.15, 0.2) is 0 Å². The molecule has 0 aliphatic carbocycles. The minimum atomic E-state index is -0.739.